The highest BCUT2D eigenvalue weighted by atomic mass is 19.1. The maximum Gasteiger partial charge on any atom is 0.221 e. The van der Waals surface area contributed by atoms with Gasteiger partial charge in [0, 0.05) is 31.9 Å². The summed E-state index contributed by atoms with van der Waals surface area (Å²) in [7, 11) is 0. The van der Waals surface area contributed by atoms with E-state index in [1.54, 1.807) is 12.1 Å². The molecule has 98 valence electrons. The number of anilines is 2. The lowest BCUT2D eigenvalue weighted by Crippen LogP contribution is -2.28. The van der Waals surface area contributed by atoms with Crippen molar-refractivity contribution in [3.05, 3.63) is 24.0 Å². The van der Waals surface area contributed by atoms with Gasteiger partial charge in [0.2, 0.25) is 5.91 Å². The lowest BCUT2D eigenvalue weighted by atomic mass is 10.1. The van der Waals surface area contributed by atoms with Gasteiger partial charge >= 0.3 is 0 Å². The maximum atomic E-state index is 13.7. The largest absolute Gasteiger partial charge is 0.381 e. The predicted molar refractivity (Wildman–Crippen MR) is 68.2 cm³/mol. The molecule has 1 fully saturated rings. The minimum Gasteiger partial charge on any atom is -0.381 e. The van der Waals surface area contributed by atoms with Crippen LogP contribution < -0.4 is 10.6 Å². The van der Waals surface area contributed by atoms with E-state index in [1.165, 1.54) is 13.0 Å². The molecule has 1 aliphatic rings. The quantitative estimate of drug-likeness (QED) is 0.868. The molecule has 0 bridgehead atoms. The van der Waals surface area contributed by atoms with Crippen LogP contribution in [-0.4, -0.2) is 25.2 Å². The zero-order chi connectivity index (χ0) is 13.0. The highest BCUT2D eigenvalue weighted by Crippen LogP contribution is 2.22. The van der Waals surface area contributed by atoms with E-state index < -0.39 is 0 Å². The average molecular weight is 252 g/mol. The molecule has 1 amide bonds. The summed E-state index contributed by atoms with van der Waals surface area (Å²) in [6.45, 7) is 2.82. The zero-order valence-electron chi connectivity index (χ0n) is 10.3. The van der Waals surface area contributed by atoms with Gasteiger partial charge in [0.1, 0.15) is 5.82 Å². The molecule has 0 radical (unpaired) electrons. The minimum absolute atomic E-state index is 0.168. The number of ether oxygens (including phenoxy) is 1. The van der Waals surface area contributed by atoms with Gasteiger partial charge in [-0.05, 0) is 31.0 Å². The van der Waals surface area contributed by atoms with Gasteiger partial charge in [0.05, 0.1) is 5.69 Å². The standard InChI is InChI=1S/C13H17FN2O2/c1-9(17)15-11-2-3-12(14)13(8-11)16-10-4-6-18-7-5-10/h2-3,8,10,16H,4-7H2,1H3,(H,15,17). The van der Waals surface area contributed by atoms with Gasteiger partial charge in [-0.1, -0.05) is 0 Å². The molecular formula is C13H17FN2O2. The molecule has 5 heteroatoms. The normalized spacial score (nSPS) is 16.3. The van der Waals surface area contributed by atoms with Crippen LogP contribution in [-0.2, 0) is 9.53 Å². The van der Waals surface area contributed by atoms with E-state index in [-0.39, 0.29) is 17.8 Å². The summed E-state index contributed by atoms with van der Waals surface area (Å²) in [5.41, 5.74) is 1.02. The smallest absolute Gasteiger partial charge is 0.221 e. The summed E-state index contributed by atoms with van der Waals surface area (Å²) in [6, 6.07) is 4.74. The number of carbonyl (C=O) groups is 1. The Labute approximate surface area is 106 Å². The first-order valence-corrected chi connectivity index (χ1v) is 6.06. The summed E-state index contributed by atoms with van der Waals surface area (Å²) in [5.74, 6) is -0.478. The maximum absolute atomic E-state index is 13.7. The van der Waals surface area contributed by atoms with Gasteiger partial charge in [-0.25, -0.2) is 4.39 Å². The van der Waals surface area contributed by atoms with Crippen molar-refractivity contribution in [3.8, 4) is 0 Å². The first-order valence-electron chi connectivity index (χ1n) is 6.06. The van der Waals surface area contributed by atoms with Crippen LogP contribution in [0.15, 0.2) is 18.2 Å². The Morgan fingerprint density at radius 3 is 2.78 bits per heavy atom. The van der Waals surface area contributed by atoms with Crippen molar-refractivity contribution in [1.82, 2.24) is 0 Å². The number of halogens is 1. The molecule has 1 aliphatic heterocycles. The molecule has 0 atom stereocenters. The molecule has 1 heterocycles. The van der Waals surface area contributed by atoms with E-state index in [1.807, 2.05) is 0 Å². The van der Waals surface area contributed by atoms with Crippen LogP contribution in [0.5, 0.6) is 0 Å². The molecule has 2 rings (SSSR count). The van der Waals surface area contributed by atoms with Crippen LogP contribution in [0, 0.1) is 5.82 Å². The SMILES string of the molecule is CC(=O)Nc1ccc(F)c(NC2CCOCC2)c1. The van der Waals surface area contributed by atoms with E-state index in [0.717, 1.165) is 12.8 Å². The van der Waals surface area contributed by atoms with Gasteiger partial charge in [0.25, 0.3) is 0 Å². The number of benzene rings is 1. The van der Waals surface area contributed by atoms with Gasteiger partial charge < -0.3 is 15.4 Å². The van der Waals surface area contributed by atoms with Crippen LogP contribution in [0.1, 0.15) is 19.8 Å². The van der Waals surface area contributed by atoms with Crippen LogP contribution in [0.4, 0.5) is 15.8 Å². The number of hydrogen-bond acceptors (Lipinski definition) is 3. The number of rotatable bonds is 3. The molecule has 0 spiro atoms. The van der Waals surface area contributed by atoms with Gasteiger partial charge in [-0.15, -0.1) is 0 Å². The van der Waals surface area contributed by atoms with Gasteiger partial charge in [-0.3, -0.25) is 4.79 Å². The molecule has 0 unspecified atom stereocenters. The Morgan fingerprint density at radius 2 is 2.11 bits per heavy atom. The lowest BCUT2D eigenvalue weighted by molar-refractivity contribution is -0.114. The van der Waals surface area contributed by atoms with Crippen LogP contribution in [0.3, 0.4) is 0 Å². The van der Waals surface area contributed by atoms with Crippen LogP contribution in [0.25, 0.3) is 0 Å². The second kappa shape index (κ2) is 5.82. The topological polar surface area (TPSA) is 50.4 Å². The second-order valence-electron chi connectivity index (χ2n) is 4.41. The Morgan fingerprint density at radius 1 is 1.39 bits per heavy atom. The molecule has 18 heavy (non-hydrogen) atoms. The van der Waals surface area contributed by atoms with E-state index in [9.17, 15) is 9.18 Å². The van der Waals surface area contributed by atoms with Gasteiger partial charge in [0.15, 0.2) is 0 Å². The van der Waals surface area contributed by atoms with E-state index in [4.69, 9.17) is 4.74 Å². The van der Waals surface area contributed by atoms with Crippen molar-refractivity contribution < 1.29 is 13.9 Å². The molecule has 1 aromatic carbocycles. The van der Waals surface area contributed by atoms with E-state index >= 15 is 0 Å². The fourth-order valence-electron chi connectivity index (χ4n) is 1.98. The van der Waals surface area contributed by atoms with Crippen molar-refractivity contribution in [3.63, 3.8) is 0 Å². The van der Waals surface area contributed by atoms with Crippen LogP contribution in [0.2, 0.25) is 0 Å². The van der Waals surface area contributed by atoms with Crippen molar-refractivity contribution in [2.24, 2.45) is 0 Å². The molecule has 4 nitrogen and oxygen atoms in total. The first kappa shape index (κ1) is 12.8. The molecule has 2 N–H and O–H groups in total. The average Bonchev–Trinajstić information content (AvgIpc) is 2.34. The van der Waals surface area contributed by atoms with Crippen molar-refractivity contribution in [2.75, 3.05) is 23.8 Å². The number of nitrogens with one attached hydrogen (secondary N) is 2. The molecule has 0 aliphatic carbocycles. The Bertz CT molecular complexity index is 431. The fraction of sp³-hybridized carbons (Fsp3) is 0.462. The summed E-state index contributed by atoms with van der Waals surface area (Å²) in [5, 5.41) is 5.80. The van der Waals surface area contributed by atoms with Gasteiger partial charge in [-0.2, -0.15) is 0 Å². The van der Waals surface area contributed by atoms with Crippen molar-refractivity contribution in [1.29, 1.82) is 0 Å². The molecular weight excluding hydrogens is 235 g/mol. The minimum atomic E-state index is -0.310. The number of amides is 1. The van der Waals surface area contributed by atoms with Crippen molar-refractivity contribution >= 4 is 17.3 Å². The first-order chi connectivity index (χ1) is 8.65. The number of hydrogen-bond donors (Lipinski definition) is 2. The third kappa shape index (κ3) is 3.43. The Balaban J connectivity index is 2.07. The summed E-state index contributed by atoms with van der Waals surface area (Å²) < 4.78 is 18.9. The Hall–Kier alpha value is -1.62. The fourth-order valence-corrected chi connectivity index (χ4v) is 1.98. The molecule has 1 aromatic rings. The molecule has 0 saturated carbocycles. The van der Waals surface area contributed by atoms with E-state index in [2.05, 4.69) is 10.6 Å². The Kier molecular flexibility index (Phi) is 4.15. The summed E-state index contributed by atoms with van der Waals surface area (Å²) in [6.07, 6.45) is 1.73. The second-order valence-corrected chi connectivity index (χ2v) is 4.41. The molecule has 0 aromatic heterocycles. The third-order valence-corrected chi connectivity index (χ3v) is 2.87. The van der Waals surface area contributed by atoms with Crippen molar-refractivity contribution in [2.45, 2.75) is 25.8 Å². The predicted octanol–water partition coefficient (Wildman–Crippen LogP) is 2.38. The highest BCUT2D eigenvalue weighted by Gasteiger charge is 2.15. The summed E-state index contributed by atoms with van der Waals surface area (Å²) in [4.78, 5) is 11.0. The summed E-state index contributed by atoms with van der Waals surface area (Å²) >= 11 is 0. The molecule has 1 saturated heterocycles. The zero-order valence-corrected chi connectivity index (χ0v) is 10.3. The van der Waals surface area contributed by atoms with E-state index in [0.29, 0.717) is 24.6 Å². The van der Waals surface area contributed by atoms with Crippen LogP contribution >= 0.6 is 0 Å². The highest BCUT2D eigenvalue weighted by molar-refractivity contribution is 5.89. The number of carbonyl (C=O) groups excluding carboxylic acids is 1. The third-order valence-electron chi connectivity index (χ3n) is 2.87. The lowest BCUT2D eigenvalue weighted by Gasteiger charge is -2.24. The monoisotopic (exact) mass is 252 g/mol.